The molecule has 8 rings (SSSR count). The number of aromatic hydroxyl groups is 2. The second kappa shape index (κ2) is 16.5. The molecular formula is C44H42Cl2N4O4. The van der Waals surface area contributed by atoms with E-state index >= 15 is 0 Å². The highest BCUT2D eigenvalue weighted by Gasteiger charge is 2.31. The van der Waals surface area contributed by atoms with Crippen LogP contribution in [0.3, 0.4) is 0 Å². The molecule has 2 aliphatic heterocycles. The van der Waals surface area contributed by atoms with Crippen molar-refractivity contribution in [3.8, 4) is 11.5 Å². The first-order valence-electron chi connectivity index (χ1n) is 18.2. The molecule has 1 unspecified atom stereocenters. The zero-order valence-electron chi connectivity index (χ0n) is 30.0. The summed E-state index contributed by atoms with van der Waals surface area (Å²) in [6.07, 6.45) is 4.13. The quantitative estimate of drug-likeness (QED) is 0.171. The summed E-state index contributed by atoms with van der Waals surface area (Å²) in [5.41, 5.74) is 6.78. The van der Waals surface area contributed by atoms with Gasteiger partial charge in [0.15, 0.2) is 11.5 Å². The molecule has 0 bridgehead atoms. The van der Waals surface area contributed by atoms with Crippen molar-refractivity contribution in [2.45, 2.75) is 51.6 Å². The van der Waals surface area contributed by atoms with Gasteiger partial charge in [0.05, 0.1) is 24.5 Å². The predicted octanol–water partition coefficient (Wildman–Crippen LogP) is 8.19. The van der Waals surface area contributed by atoms with Gasteiger partial charge in [-0.05, 0) is 40.8 Å². The number of aryl methyl sites for hydroxylation is 1. The molecular weight excluding hydrogens is 719 g/mol. The van der Waals surface area contributed by atoms with Crippen LogP contribution >= 0.6 is 23.2 Å². The number of nitrogens with zero attached hydrogens (tertiary/aromatic N) is 4. The molecule has 8 nitrogen and oxygen atoms in total. The summed E-state index contributed by atoms with van der Waals surface area (Å²) in [6.45, 7) is 6.54. The van der Waals surface area contributed by atoms with Crippen LogP contribution in [0.2, 0.25) is 10.0 Å². The molecule has 0 saturated carbocycles. The first kappa shape index (κ1) is 37.2. The number of aromatic nitrogens is 2. The SMILES string of the molecule is CCc1ccc(CN2CCn3cc(O)c(=O)cc3[C@H]2c2ccccc2)cc1.O=c1cc2n(cc1O)CCN(Cc1c(Cl)cccc1Cl)C2c1ccccc1. The highest BCUT2D eigenvalue weighted by atomic mass is 35.5. The lowest BCUT2D eigenvalue weighted by atomic mass is 9.97. The number of rotatable bonds is 7. The maximum Gasteiger partial charge on any atom is 0.223 e. The Hall–Kier alpha value is -5.12. The standard InChI is InChI=1S/C23H24N2O2.C21H18Cl2N2O2/c1-2-17-8-10-18(11-9-17)15-25-13-12-24-16-22(27)21(26)14-20(24)23(25)19-6-4-3-5-7-19;22-16-7-4-8-17(23)15(16)12-25-10-9-24-13-20(27)19(26)11-18(24)21(25)14-5-2-1-3-6-14/h3-11,14,16,23,27H,2,12-13,15H2,1H3;1-8,11,13,21,27H,9-10,12H2/t23-;/m1./s1. The molecule has 0 spiro atoms. The van der Waals surface area contributed by atoms with E-state index in [1.807, 2.05) is 75.9 Å². The number of benzene rings is 4. The number of fused-ring (bicyclic) bond motifs is 2. The van der Waals surface area contributed by atoms with E-state index in [1.165, 1.54) is 23.4 Å². The molecule has 6 aromatic rings. The molecule has 0 radical (unpaired) electrons. The van der Waals surface area contributed by atoms with E-state index in [1.54, 1.807) is 12.3 Å². The highest BCUT2D eigenvalue weighted by Crippen LogP contribution is 2.36. The van der Waals surface area contributed by atoms with Crippen molar-refractivity contribution in [3.63, 3.8) is 0 Å². The molecule has 4 heterocycles. The largest absolute Gasteiger partial charge is 0.503 e. The van der Waals surface area contributed by atoms with Crippen molar-refractivity contribution < 1.29 is 10.2 Å². The molecule has 10 heteroatoms. The van der Waals surface area contributed by atoms with Crippen molar-refractivity contribution in [1.82, 2.24) is 18.9 Å². The normalized spacial score (nSPS) is 16.9. The van der Waals surface area contributed by atoms with Crippen LogP contribution in [0.25, 0.3) is 0 Å². The summed E-state index contributed by atoms with van der Waals surface area (Å²) in [4.78, 5) is 28.9. The number of halogens is 2. The number of hydrogen-bond donors (Lipinski definition) is 2. The molecule has 54 heavy (non-hydrogen) atoms. The lowest BCUT2D eigenvalue weighted by Crippen LogP contribution is -2.39. The summed E-state index contributed by atoms with van der Waals surface area (Å²) in [7, 11) is 0. The Labute approximate surface area is 324 Å². The van der Waals surface area contributed by atoms with Gasteiger partial charge < -0.3 is 19.3 Å². The molecule has 276 valence electrons. The molecule has 2 atom stereocenters. The molecule has 0 amide bonds. The topological polar surface area (TPSA) is 90.9 Å². The second-order valence-corrected chi connectivity index (χ2v) is 14.5. The zero-order chi connectivity index (χ0) is 37.8. The van der Waals surface area contributed by atoms with Gasteiger partial charge in [-0.1, -0.05) is 121 Å². The van der Waals surface area contributed by atoms with Crippen molar-refractivity contribution in [1.29, 1.82) is 0 Å². The van der Waals surface area contributed by atoms with Gasteiger partial charge in [0, 0.05) is 78.4 Å². The van der Waals surface area contributed by atoms with E-state index in [0.29, 0.717) is 23.1 Å². The Morgan fingerprint density at radius 3 is 1.48 bits per heavy atom. The summed E-state index contributed by atoms with van der Waals surface area (Å²) >= 11 is 12.8. The molecule has 0 aliphatic carbocycles. The third-order valence-corrected chi connectivity index (χ3v) is 11.0. The average Bonchev–Trinajstić information content (AvgIpc) is 3.18. The van der Waals surface area contributed by atoms with Crippen molar-refractivity contribution in [3.05, 3.63) is 197 Å². The third-order valence-electron chi connectivity index (χ3n) is 10.3. The van der Waals surface area contributed by atoms with Crippen LogP contribution in [0.1, 0.15) is 58.2 Å². The minimum atomic E-state index is -0.375. The monoisotopic (exact) mass is 760 g/mol. The van der Waals surface area contributed by atoms with E-state index in [2.05, 4.69) is 53.1 Å². The fourth-order valence-corrected chi connectivity index (χ4v) is 8.01. The third kappa shape index (κ3) is 8.03. The summed E-state index contributed by atoms with van der Waals surface area (Å²) < 4.78 is 3.95. The van der Waals surface area contributed by atoms with Gasteiger partial charge in [0.1, 0.15) is 0 Å². The van der Waals surface area contributed by atoms with Crippen LogP contribution in [-0.4, -0.2) is 42.2 Å². The number of hydrogen-bond acceptors (Lipinski definition) is 6. The fraction of sp³-hybridized carbons (Fsp3) is 0.227. The smallest absolute Gasteiger partial charge is 0.223 e. The molecule has 0 fully saturated rings. The Morgan fingerprint density at radius 1 is 0.574 bits per heavy atom. The maximum absolute atomic E-state index is 12.1. The van der Waals surface area contributed by atoms with Crippen LogP contribution in [-0.2, 0) is 32.6 Å². The predicted molar refractivity (Wildman–Crippen MR) is 214 cm³/mol. The second-order valence-electron chi connectivity index (χ2n) is 13.7. The van der Waals surface area contributed by atoms with Crippen LogP contribution < -0.4 is 10.9 Å². The lowest BCUT2D eigenvalue weighted by Gasteiger charge is -2.38. The Morgan fingerprint density at radius 2 is 1.02 bits per heavy atom. The van der Waals surface area contributed by atoms with Gasteiger partial charge in [-0.25, -0.2) is 0 Å². The first-order valence-corrected chi connectivity index (χ1v) is 18.9. The minimum absolute atomic E-state index is 0.0147. The Kier molecular flexibility index (Phi) is 11.4. The van der Waals surface area contributed by atoms with Gasteiger partial charge in [0.2, 0.25) is 10.9 Å². The van der Waals surface area contributed by atoms with E-state index in [9.17, 15) is 19.8 Å². The van der Waals surface area contributed by atoms with Crippen LogP contribution in [0.15, 0.2) is 137 Å². The van der Waals surface area contributed by atoms with Crippen LogP contribution in [0, 0.1) is 0 Å². The van der Waals surface area contributed by atoms with Crippen LogP contribution in [0.4, 0.5) is 0 Å². The molecule has 2 aromatic heterocycles. The van der Waals surface area contributed by atoms with Crippen molar-refractivity contribution in [2.75, 3.05) is 13.1 Å². The zero-order valence-corrected chi connectivity index (χ0v) is 31.5. The van der Waals surface area contributed by atoms with Gasteiger partial charge in [0.25, 0.3) is 0 Å². The maximum atomic E-state index is 12.1. The van der Waals surface area contributed by atoms with Gasteiger partial charge in [-0.2, -0.15) is 0 Å². The highest BCUT2D eigenvalue weighted by molar-refractivity contribution is 6.35. The van der Waals surface area contributed by atoms with E-state index in [0.717, 1.165) is 60.7 Å². The van der Waals surface area contributed by atoms with Gasteiger partial charge in [-0.15, -0.1) is 0 Å². The van der Waals surface area contributed by atoms with Crippen LogP contribution in [0.5, 0.6) is 11.5 Å². The fourth-order valence-electron chi connectivity index (χ4n) is 7.49. The van der Waals surface area contributed by atoms with Gasteiger partial charge >= 0.3 is 0 Å². The average molecular weight is 762 g/mol. The minimum Gasteiger partial charge on any atom is -0.503 e. The summed E-state index contributed by atoms with van der Waals surface area (Å²) in [6, 6.07) is 37.5. The molecule has 0 saturated heterocycles. The van der Waals surface area contributed by atoms with E-state index in [4.69, 9.17) is 23.2 Å². The van der Waals surface area contributed by atoms with E-state index < -0.39 is 0 Å². The first-order chi connectivity index (χ1) is 26.2. The Bertz CT molecular complexity index is 2330. The summed E-state index contributed by atoms with van der Waals surface area (Å²) in [5.74, 6) is -0.415. The van der Waals surface area contributed by atoms with Gasteiger partial charge in [-0.3, -0.25) is 19.4 Å². The van der Waals surface area contributed by atoms with Crippen molar-refractivity contribution in [2.24, 2.45) is 0 Å². The molecule has 2 aliphatic rings. The summed E-state index contributed by atoms with van der Waals surface area (Å²) in [5, 5.41) is 20.9. The molecule has 4 aromatic carbocycles. The lowest BCUT2D eigenvalue weighted by molar-refractivity contribution is 0.172. The van der Waals surface area contributed by atoms with E-state index in [-0.39, 0.29) is 34.4 Å². The Balaban J connectivity index is 0.000000167. The number of pyridine rings is 2. The van der Waals surface area contributed by atoms with Crippen molar-refractivity contribution >= 4 is 23.2 Å². The molecule has 2 N–H and O–H groups in total.